The summed E-state index contributed by atoms with van der Waals surface area (Å²) in [5.41, 5.74) is 0.733. The largest absolute Gasteiger partial charge is 0.349 e. The molecule has 6 N–H and O–H groups in total. The highest BCUT2D eigenvalue weighted by Crippen LogP contribution is 2.60. The lowest BCUT2D eigenvalue weighted by Crippen LogP contribution is -2.26. The first-order chi connectivity index (χ1) is 9.91. The second kappa shape index (κ2) is 6.97. The maximum atomic E-state index is 11.2. The summed E-state index contributed by atoms with van der Waals surface area (Å²) in [4.78, 5) is 46.4. The second-order valence-corrected chi connectivity index (χ2v) is 8.54. The first kappa shape index (κ1) is 18.9. The first-order valence-corrected chi connectivity index (χ1v) is 9.47. The van der Waals surface area contributed by atoms with Gasteiger partial charge in [0.2, 0.25) is 11.3 Å². The molecule has 12 heteroatoms. The summed E-state index contributed by atoms with van der Waals surface area (Å²) in [6.45, 7) is 1.33. The molecule has 0 aliphatic heterocycles. The van der Waals surface area contributed by atoms with Crippen LogP contribution in [0.3, 0.4) is 0 Å². The van der Waals surface area contributed by atoms with E-state index in [0.29, 0.717) is 5.69 Å². The number of nitrogens with one attached hydrogen (secondary N) is 2. The van der Waals surface area contributed by atoms with E-state index >= 15 is 0 Å². The van der Waals surface area contributed by atoms with E-state index in [-0.39, 0.29) is 11.6 Å². The average molecular weight is 368 g/mol. The first-order valence-electron chi connectivity index (χ1n) is 5.70. The van der Waals surface area contributed by atoms with Crippen LogP contribution in [0.2, 0.25) is 0 Å². The summed E-state index contributed by atoms with van der Waals surface area (Å²) >= 11 is 4.69. The summed E-state index contributed by atoms with van der Waals surface area (Å²) in [6.07, 6.45) is 0. The number of anilines is 2. The Morgan fingerprint density at radius 1 is 1.00 bits per heavy atom. The molecule has 0 fully saturated rings. The molecule has 0 aliphatic rings. The van der Waals surface area contributed by atoms with Gasteiger partial charge in [0.25, 0.3) is 0 Å². The van der Waals surface area contributed by atoms with Gasteiger partial charge in [-0.1, -0.05) is 12.2 Å². The predicted octanol–water partition coefficient (Wildman–Crippen LogP) is 1.07. The number of hydrogen-bond donors (Lipinski definition) is 6. The van der Waals surface area contributed by atoms with Gasteiger partial charge in [-0.15, -0.1) is 0 Å². The lowest BCUT2D eigenvalue weighted by molar-refractivity contribution is -0.114. The van der Waals surface area contributed by atoms with Crippen molar-refractivity contribution >= 4 is 49.7 Å². The van der Waals surface area contributed by atoms with Crippen molar-refractivity contribution in [2.45, 2.75) is 12.3 Å². The van der Waals surface area contributed by atoms with Crippen LogP contribution in [0.4, 0.5) is 11.4 Å². The van der Waals surface area contributed by atoms with Crippen LogP contribution < -0.4 is 10.6 Å². The van der Waals surface area contributed by atoms with Crippen LogP contribution >= 0.6 is 27.4 Å². The molecule has 1 rings (SSSR count). The molecule has 1 amide bonds. The van der Waals surface area contributed by atoms with E-state index in [1.165, 1.54) is 31.2 Å². The van der Waals surface area contributed by atoms with Gasteiger partial charge in [0.05, 0.1) is 0 Å². The molecule has 0 bridgehead atoms. The summed E-state index contributed by atoms with van der Waals surface area (Å²) in [5.74, 6) is -0.278. The van der Waals surface area contributed by atoms with Crippen molar-refractivity contribution in [3.63, 3.8) is 0 Å². The van der Waals surface area contributed by atoms with Crippen molar-refractivity contribution < 1.29 is 33.5 Å². The highest BCUT2D eigenvalue weighted by molar-refractivity contribution is 7.85. The molecule has 9 nitrogen and oxygen atoms in total. The standard InChI is InChI=1S/C10H14N2O7P2S/c1-6(13)11-7-2-4-8(5-3-7)12-9(22)10(20(14,15)16)21(17,18)19/h2-5,10H,1H3,(H,11,13)(H,12,22)(H2,14,15,16)(H2,17,18,19). The van der Waals surface area contributed by atoms with Crippen LogP contribution in [0.15, 0.2) is 24.3 Å². The maximum Gasteiger partial charge on any atom is 0.347 e. The number of carbonyl (C=O) groups excluding carboxylic acids is 1. The SMILES string of the molecule is CC(=O)Nc1ccc(NC(=S)C(P(=O)(O)O)P(=O)(O)O)cc1. The van der Waals surface area contributed by atoms with E-state index < -0.39 is 25.6 Å². The van der Waals surface area contributed by atoms with Crippen molar-refractivity contribution in [1.29, 1.82) is 0 Å². The van der Waals surface area contributed by atoms with Crippen LogP contribution in [0.25, 0.3) is 0 Å². The van der Waals surface area contributed by atoms with E-state index in [2.05, 4.69) is 10.6 Å². The number of carbonyl (C=O) groups is 1. The Morgan fingerprint density at radius 2 is 1.36 bits per heavy atom. The number of benzene rings is 1. The Bertz CT molecular complexity index is 644. The molecule has 0 heterocycles. The molecule has 0 atom stereocenters. The molecule has 0 aromatic heterocycles. The third-order valence-corrected chi connectivity index (χ3v) is 6.63. The molecular formula is C10H14N2O7P2S. The van der Waals surface area contributed by atoms with E-state index in [1.807, 2.05) is 0 Å². The van der Waals surface area contributed by atoms with Crippen LogP contribution in [0.1, 0.15) is 6.92 Å². The Morgan fingerprint density at radius 3 is 1.68 bits per heavy atom. The van der Waals surface area contributed by atoms with Crippen molar-refractivity contribution in [3.05, 3.63) is 24.3 Å². The smallest absolute Gasteiger partial charge is 0.347 e. The molecule has 0 unspecified atom stereocenters. The molecule has 0 aliphatic carbocycles. The van der Waals surface area contributed by atoms with Gasteiger partial charge < -0.3 is 30.2 Å². The minimum absolute atomic E-state index is 0.256. The minimum atomic E-state index is -5.14. The van der Waals surface area contributed by atoms with Crippen molar-refractivity contribution in [2.24, 2.45) is 0 Å². The predicted molar refractivity (Wildman–Crippen MR) is 84.8 cm³/mol. The van der Waals surface area contributed by atoms with E-state index in [4.69, 9.17) is 31.8 Å². The fourth-order valence-electron chi connectivity index (χ4n) is 1.55. The Labute approximate surface area is 131 Å². The molecule has 1 aromatic rings. The number of rotatable bonds is 5. The topological polar surface area (TPSA) is 156 Å². The average Bonchev–Trinajstić information content (AvgIpc) is 2.26. The summed E-state index contributed by atoms with van der Waals surface area (Å²) in [5, 5.41) is 2.47. The number of hydrogen-bond acceptors (Lipinski definition) is 4. The Balaban J connectivity index is 2.93. The van der Waals surface area contributed by atoms with E-state index in [1.54, 1.807) is 0 Å². The van der Waals surface area contributed by atoms with Crippen LogP contribution in [0, 0.1) is 0 Å². The fourth-order valence-corrected chi connectivity index (χ4v) is 4.80. The normalized spacial score (nSPS) is 12.1. The number of amides is 1. The van der Waals surface area contributed by atoms with E-state index in [0.717, 1.165) is 0 Å². The molecule has 0 spiro atoms. The summed E-state index contributed by atoms with van der Waals surface area (Å²) in [7, 11) is -10.3. The van der Waals surface area contributed by atoms with Crippen molar-refractivity contribution in [1.82, 2.24) is 0 Å². The summed E-state index contributed by atoms with van der Waals surface area (Å²) < 4.78 is 22.4. The van der Waals surface area contributed by atoms with E-state index in [9.17, 15) is 13.9 Å². The minimum Gasteiger partial charge on any atom is -0.349 e. The zero-order valence-corrected chi connectivity index (χ0v) is 13.8. The number of thiocarbonyl (C=S) groups is 1. The zero-order valence-electron chi connectivity index (χ0n) is 11.2. The quantitative estimate of drug-likeness (QED) is 0.330. The Kier molecular flexibility index (Phi) is 6.00. The molecule has 1 aromatic carbocycles. The molecule has 0 saturated carbocycles. The molecular weight excluding hydrogens is 354 g/mol. The highest BCUT2D eigenvalue weighted by Gasteiger charge is 2.46. The van der Waals surface area contributed by atoms with Crippen molar-refractivity contribution in [3.8, 4) is 0 Å². The van der Waals surface area contributed by atoms with Gasteiger partial charge in [0, 0.05) is 18.3 Å². The Hall–Kier alpha value is -1.12. The zero-order chi connectivity index (χ0) is 17.1. The van der Waals surface area contributed by atoms with Gasteiger partial charge in [-0.3, -0.25) is 13.9 Å². The van der Waals surface area contributed by atoms with Gasteiger partial charge >= 0.3 is 15.2 Å². The van der Waals surface area contributed by atoms with Gasteiger partial charge in [0.15, 0.2) is 0 Å². The van der Waals surface area contributed by atoms with Crippen LogP contribution in [-0.2, 0) is 13.9 Å². The third kappa shape index (κ3) is 5.58. The third-order valence-electron chi connectivity index (χ3n) is 2.34. The fraction of sp³-hybridized carbons (Fsp3) is 0.200. The highest BCUT2D eigenvalue weighted by atomic mass is 32.1. The lowest BCUT2D eigenvalue weighted by Gasteiger charge is -2.21. The molecule has 22 heavy (non-hydrogen) atoms. The van der Waals surface area contributed by atoms with Crippen molar-refractivity contribution in [2.75, 3.05) is 10.6 Å². The van der Waals surface area contributed by atoms with Crippen LogP contribution in [0.5, 0.6) is 0 Å². The van der Waals surface area contributed by atoms with Gasteiger partial charge in [-0.2, -0.15) is 0 Å². The second-order valence-electron chi connectivity index (χ2n) is 4.30. The van der Waals surface area contributed by atoms with Gasteiger partial charge in [-0.25, -0.2) is 0 Å². The lowest BCUT2D eigenvalue weighted by atomic mass is 10.3. The van der Waals surface area contributed by atoms with Gasteiger partial charge in [0.1, 0.15) is 4.99 Å². The van der Waals surface area contributed by atoms with Crippen LogP contribution in [-0.4, -0.2) is 35.9 Å². The summed E-state index contributed by atoms with van der Waals surface area (Å²) in [6, 6.07) is 5.81. The molecule has 0 radical (unpaired) electrons. The molecule has 0 saturated heterocycles. The monoisotopic (exact) mass is 368 g/mol. The van der Waals surface area contributed by atoms with Gasteiger partial charge in [-0.05, 0) is 24.3 Å². The molecule has 122 valence electrons. The maximum absolute atomic E-state index is 11.2.